The van der Waals surface area contributed by atoms with Crippen LogP contribution in [-0.2, 0) is 0 Å². The van der Waals surface area contributed by atoms with Crippen LogP contribution in [0.1, 0.15) is 60.3 Å². The Bertz CT molecular complexity index is 258. The number of rotatable bonds is 5. The predicted octanol–water partition coefficient (Wildman–Crippen LogP) is 2.28. The molecule has 0 aliphatic heterocycles. The molecule has 0 bridgehead atoms. The molecule has 0 heterocycles. The lowest BCUT2D eigenvalue weighted by Crippen LogP contribution is -2.61. The van der Waals surface area contributed by atoms with E-state index in [0.29, 0.717) is 23.4 Å². The highest BCUT2D eigenvalue weighted by Crippen LogP contribution is 2.49. The van der Waals surface area contributed by atoms with Gasteiger partial charge in [-0.2, -0.15) is 0 Å². The zero-order valence-electron chi connectivity index (χ0n) is 12.8. The standard InChI is InChI=1S/C15H32N2O/c1-12(6-7-18)17-15(11-16)9-13(2,3)8-14(4,5)10-15/h12,17-18H,6-11,16H2,1-5H3. The molecule has 3 heteroatoms. The lowest BCUT2D eigenvalue weighted by Gasteiger charge is -2.53. The van der Waals surface area contributed by atoms with Gasteiger partial charge in [0, 0.05) is 24.7 Å². The molecule has 0 aromatic rings. The van der Waals surface area contributed by atoms with Crippen LogP contribution < -0.4 is 11.1 Å². The highest BCUT2D eigenvalue weighted by Gasteiger charge is 2.46. The van der Waals surface area contributed by atoms with E-state index in [9.17, 15) is 0 Å². The van der Waals surface area contributed by atoms with Crippen molar-refractivity contribution in [3.63, 3.8) is 0 Å². The van der Waals surface area contributed by atoms with E-state index in [4.69, 9.17) is 10.8 Å². The van der Waals surface area contributed by atoms with Gasteiger partial charge in [0.2, 0.25) is 0 Å². The van der Waals surface area contributed by atoms with E-state index in [1.54, 1.807) is 0 Å². The molecule has 1 aliphatic carbocycles. The summed E-state index contributed by atoms with van der Waals surface area (Å²) in [5.74, 6) is 0. The molecular formula is C15H32N2O. The molecule has 0 aromatic heterocycles. The quantitative estimate of drug-likeness (QED) is 0.707. The van der Waals surface area contributed by atoms with Crippen LogP contribution in [0.3, 0.4) is 0 Å². The van der Waals surface area contributed by atoms with Crippen LogP contribution >= 0.6 is 0 Å². The molecule has 3 nitrogen and oxygen atoms in total. The van der Waals surface area contributed by atoms with Crippen LogP contribution in [0.25, 0.3) is 0 Å². The molecule has 1 fully saturated rings. The van der Waals surface area contributed by atoms with Crippen molar-refractivity contribution < 1.29 is 5.11 Å². The van der Waals surface area contributed by atoms with Crippen LogP contribution in [0.15, 0.2) is 0 Å². The van der Waals surface area contributed by atoms with E-state index in [1.165, 1.54) is 6.42 Å². The smallest absolute Gasteiger partial charge is 0.0445 e. The molecule has 0 spiro atoms. The minimum atomic E-state index is 0.0276. The van der Waals surface area contributed by atoms with Crippen molar-refractivity contribution in [2.75, 3.05) is 13.2 Å². The molecule has 0 aromatic carbocycles. The van der Waals surface area contributed by atoms with Crippen LogP contribution in [0.2, 0.25) is 0 Å². The molecule has 1 unspecified atom stereocenters. The Hall–Kier alpha value is -0.120. The van der Waals surface area contributed by atoms with Gasteiger partial charge in [-0.1, -0.05) is 27.7 Å². The average molecular weight is 256 g/mol. The summed E-state index contributed by atoms with van der Waals surface area (Å²) in [5, 5.41) is 12.8. The van der Waals surface area contributed by atoms with E-state index >= 15 is 0 Å². The first-order valence-electron chi connectivity index (χ1n) is 7.22. The van der Waals surface area contributed by atoms with Gasteiger partial charge in [-0.05, 0) is 43.4 Å². The number of hydrogen-bond acceptors (Lipinski definition) is 3. The predicted molar refractivity (Wildman–Crippen MR) is 77.5 cm³/mol. The van der Waals surface area contributed by atoms with Crippen LogP contribution in [0.4, 0.5) is 0 Å². The number of aliphatic hydroxyl groups is 1. The van der Waals surface area contributed by atoms with Crippen LogP contribution in [0.5, 0.6) is 0 Å². The van der Waals surface area contributed by atoms with Gasteiger partial charge < -0.3 is 16.2 Å². The van der Waals surface area contributed by atoms with E-state index in [0.717, 1.165) is 19.3 Å². The topological polar surface area (TPSA) is 58.3 Å². The van der Waals surface area contributed by atoms with Crippen molar-refractivity contribution in [3.05, 3.63) is 0 Å². The molecule has 1 aliphatic rings. The Morgan fingerprint density at radius 3 is 2.00 bits per heavy atom. The number of nitrogens with one attached hydrogen (secondary N) is 1. The minimum absolute atomic E-state index is 0.0276. The summed E-state index contributed by atoms with van der Waals surface area (Å²) in [6, 6.07) is 0.322. The Morgan fingerprint density at radius 2 is 1.61 bits per heavy atom. The number of hydrogen-bond donors (Lipinski definition) is 3. The summed E-state index contributed by atoms with van der Waals surface area (Å²) in [5.41, 5.74) is 6.78. The molecule has 1 atom stereocenters. The molecule has 0 saturated heterocycles. The van der Waals surface area contributed by atoms with Gasteiger partial charge in [-0.3, -0.25) is 0 Å². The van der Waals surface area contributed by atoms with E-state index in [2.05, 4.69) is 39.9 Å². The van der Waals surface area contributed by atoms with Crippen LogP contribution in [-0.4, -0.2) is 29.8 Å². The third-order valence-corrected chi connectivity index (χ3v) is 4.10. The van der Waals surface area contributed by atoms with Crippen molar-refractivity contribution in [1.82, 2.24) is 5.32 Å². The Balaban J connectivity index is 2.85. The first kappa shape index (κ1) is 15.9. The van der Waals surface area contributed by atoms with Gasteiger partial charge in [0.15, 0.2) is 0 Å². The molecule has 1 saturated carbocycles. The fraction of sp³-hybridized carbons (Fsp3) is 1.00. The average Bonchev–Trinajstić information content (AvgIpc) is 2.12. The Kier molecular flexibility index (Phi) is 4.85. The highest BCUT2D eigenvalue weighted by molar-refractivity contribution is 5.04. The monoisotopic (exact) mass is 256 g/mol. The SMILES string of the molecule is CC(CCO)NC1(CN)CC(C)(C)CC(C)(C)C1. The van der Waals surface area contributed by atoms with Gasteiger partial charge in [0.05, 0.1) is 0 Å². The normalized spacial score (nSPS) is 26.8. The molecule has 0 radical (unpaired) electrons. The molecule has 0 amide bonds. The molecule has 4 N–H and O–H groups in total. The molecular weight excluding hydrogens is 224 g/mol. The second-order valence-corrected chi connectivity index (χ2v) is 7.90. The molecule has 1 rings (SSSR count). The van der Waals surface area contributed by atoms with Crippen molar-refractivity contribution >= 4 is 0 Å². The van der Waals surface area contributed by atoms with Crippen molar-refractivity contribution in [2.45, 2.75) is 71.9 Å². The van der Waals surface area contributed by atoms with Crippen LogP contribution in [0, 0.1) is 10.8 Å². The second kappa shape index (κ2) is 5.48. The van der Waals surface area contributed by atoms with E-state index < -0.39 is 0 Å². The van der Waals surface area contributed by atoms with Gasteiger partial charge in [-0.15, -0.1) is 0 Å². The largest absolute Gasteiger partial charge is 0.396 e. The van der Waals surface area contributed by atoms with Gasteiger partial charge >= 0.3 is 0 Å². The molecule has 108 valence electrons. The summed E-state index contributed by atoms with van der Waals surface area (Å²) in [6.45, 7) is 12.4. The first-order chi connectivity index (χ1) is 8.14. The highest BCUT2D eigenvalue weighted by atomic mass is 16.3. The Morgan fingerprint density at radius 1 is 1.11 bits per heavy atom. The van der Waals surface area contributed by atoms with Gasteiger partial charge in [-0.25, -0.2) is 0 Å². The van der Waals surface area contributed by atoms with Crippen molar-refractivity contribution in [3.8, 4) is 0 Å². The maximum absolute atomic E-state index is 9.06. The summed E-state index contributed by atoms with van der Waals surface area (Å²) in [4.78, 5) is 0. The first-order valence-corrected chi connectivity index (χ1v) is 7.22. The second-order valence-electron chi connectivity index (χ2n) is 7.90. The van der Waals surface area contributed by atoms with Crippen molar-refractivity contribution in [1.29, 1.82) is 0 Å². The lowest BCUT2D eigenvalue weighted by molar-refractivity contribution is 0.0257. The third-order valence-electron chi connectivity index (χ3n) is 4.10. The summed E-state index contributed by atoms with van der Waals surface area (Å²) in [7, 11) is 0. The van der Waals surface area contributed by atoms with E-state index in [-0.39, 0.29) is 12.1 Å². The van der Waals surface area contributed by atoms with E-state index in [1.807, 2.05) is 0 Å². The fourth-order valence-electron chi connectivity index (χ4n) is 4.41. The summed E-state index contributed by atoms with van der Waals surface area (Å²) >= 11 is 0. The summed E-state index contributed by atoms with van der Waals surface area (Å²) in [6.07, 6.45) is 4.28. The fourth-order valence-corrected chi connectivity index (χ4v) is 4.41. The molecule has 18 heavy (non-hydrogen) atoms. The maximum Gasteiger partial charge on any atom is 0.0445 e. The summed E-state index contributed by atoms with van der Waals surface area (Å²) < 4.78 is 0. The van der Waals surface area contributed by atoms with Crippen molar-refractivity contribution in [2.24, 2.45) is 16.6 Å². The maximum atomic E-state index is 9.06. The number of aliphatic hydroxyl groups excluding tert-OH is 1. The lowest BCUT2D eigenvalue weighted by atomic mass is 9.58. The number of nitrogens with two attached hydrogens (primary N) is 1. The zero-order valence-corrected chi connectivity index (χ0v) is 12.8. The zero-order chi connectivity index (χ0) is 14.0. The van der Waals surface area contributed by atoms with Gasteiger partial charge in [0.1, 0.15) is 0 Å². The van der Waals surface area contributed by atoms with Gasteiger partial charge in [0.25, 0.3) is 0 Å². The Labute approximate surface area is 113 Å². The minimum Gasteiger partial charge on any atom is -0.396 e. The third kappa shape index (κ3) is 4.22.